The molecular formula is C14H26O. The van der Waals surface area contributed by atoms with E-state index in [0.29, 0.717) is 0 Å². The van der Waals surface area contributed by atoms with Crippen molar-refractivity contribution in [2.24, 2.45) is 5.92 Å². The number of rotatable bonds is 7. The lowest BCUT2D eigenvalue weighted by Crippen LogP contribution is -2.08. The maximum Gasteiger partial charge on any atom is 0.0875 e. The summed E-state index contributed by atoms with van der Waals surface area (Å²) in [6.07, 6.45) is 16.2. The lowest BCUT2D eigenvalue weighted by Gasteiger charge is -2.20. The summed E-state index contributed by atoms with van der Waals surface area (Å²) >= 11 is 0. The Labute approximate surface area is 94.9 Å². The maximum atomic E-state index is 5.50. The Balaban J connectivity index is 1.89. The predicted molar refractivity (Wildman–Crippen MR) is 65.8 cm³/mol. The SMILES string of the molecule is CCCCC=COCCC1CCCCC1. The average molecular weight is 210 g/mol. The zero-order valence-corrected chi connectivity index (χ0v) is 10.2. The smallest absolute Gasteiger partial charge is 0.0875 e. The van der Waals surface area contributed by atoms with Crippen molar-refractivity contribution in [3.05, 3.63) is 12.3 Å². The highest BCUT2D eigenvalue weighted by molar-refractivity contribution is 4.73. The lowest BCUT2D eigenvalue weighted by molar-refractivity contribution is 0.202. The van der Waals surface area contributed by atoms with E-state index in [1.54, 1.807) is 0 Å². The molecule has 0 saturated heterocycles. The van der Waals surface area contributed by atoms with Gasteiger partial charge in [-0.25, -0.2) is 0 Å². The predicted octanol–water partition coefficient (Wildman–Crippen LogP) is 4.68. The normalized spacial score (nSPS) is 18.5. The fourth-order valence-electron chi connectivity index (χ4n) is 2.24. The van der Waals surface area contributed by atoms with E-state index in [1.165, 1.54) is 57.8 Å². The second-order valence-electron chi connectivity index (χ2n) is 4.68. The zero-order valence-electron chi connectivity index (χ0n) is 10.2. The Morgan fingerprint density at radius 2 is 2.00 bits per heavy atom. The third kappa shape index (κ3) is 6.59. The molecule has 0 aliphatic heterocycles. The fraction of sp³-hybridized carbons (Fsp3) is 0.857. The molecule has 1 saturated carbocycles. The van der Waals surface area contributed by atoms with Crippen LogP contribution < -0.4 is 0 Å². The molecule has 1 rings (SSSR count). The third-order valence-corrected chi connectivity index (χ3v) is 3.29. The molecule has 1 nitrogen and oxygen atoms in total. The molecule has 15 heavy (non-hydrogen) atoms. The number of ether oxygens (including phenoxy) is 1. The molecule has 0 aromatic carbocycles. The summed E-state index contributed by atoms with van der Waals surface area (Å²) in [5, 5.41) is 0. The van der Waals surface area contributed by atoms with E-state index in [4.69, 9.17) is 4.74 Å². The zero-order chi connectivity index (χ0) is 10.8. The number of unbranched alkanes of at least 4 members (excludes halogenated alkanes) is 2. The Kier molecular flexibility index (Phi) is 7.41. The van der Waals surface area contributed by atoms with Crippen LogP contribution in [-0.2, 0) is 4.74 Å². The topological polar surface area (TPSA) is 9.23 Å². The number of hydrogen-bond acceptors (Lipinski definition) is 1. The molecule has 0 heterocycles. The van der Waals surface area contributed by atoms with Gasteiger partial charge in [0.05, 0.1) is 12.9 Å². The van der Waals surface area contributed by atoms with Crippen LogP contribution in [0.25, 0.3) is 0 Å². The van der Waals surface area contributed by atoms with Crippen molar-refractivity contribution in [2.45, 2.75) is 64.7 Å². The summed E-state index contributed by atoms with van der Waals surface area (Å²) in [5.41, 5.74) is 0. The molecule has 0 amide bonds. The van der Waals surface area contributed by atoms with E-state index < -0.39 is 0 Å². The van der Waals surface area contributed by atoms with Crippen molar-refractivity contribution in [1.29, 1.82) is 0 Å². The first-order valence-electron chi connectivity index (χ1n) is 6.70. The maximum absolute atomic E-state index is 5.50. The van der Waals surface area contributed by atoms with Crippen LogP contribution in [0.1, 0.15) is 64.7 Å². The summed E-state index contributed by atoms with van der Waals surface area (Å²) < 4.78 is 5.50. The molecule has 1 fully saturated rings. The summed E-state index contributed by atoms with van der Waals surface area (Å²) in [4.78, 5) is 0. The number of hydrogen-bond donors (Lipinski definition) is 0. The molecule has 0 radical (unpaired) electrons. The van der Waals surface area contributed by atoms with E-state index in [9.17, 15) is 0 Å². The summed E-state index contributed by atoms with van der Waals surface area (Å²) in [5.74, 6) is 0.947. The minimum absolute atomic E-state index is 0.924. The largest absolute Gasteiger partial charge is 0.502 e. The molecular weight excluding hydrogens is 184 g/mol. The molecule has 1 aliphatic carbocycles. The highest BCUT2D eigenvalue weighted by Gasteiger charge is 2.12. The Hall–Kier alpha value is -0.460. The molecule has 0 aromatic heterocycles. The van der Waals surface area contributed by atoms with Crippen molar-refractivity contribution in [3.63, 3.8) is 0 Å². The van der Waals surface area contributed by atoms with Gasteiger partial charge < -0.3 is 4.74 Å². The molecule has 1 aliphatic rings. The van der Waals surface area contributed by atoms with Gasteiger partial charge in [-0.3, -0.25) is 0 Å². The van der Waals surface area contributed by atoms with Crippen LogP contribution in [0, 0.1) is 5.92 Å². The second kappa shape index (κ2) is 8.82. The van der Waals surface area contributed by atoms with Crippen LogP contribution >= 0.6 is 0 Å². The van der Waals surface area contributed by atoms with Crippen LogP contribution in [0.15, 0.2) is 12.3 Å². The van der Waals surface area contributed by atoms with Gasteiger partial charge in [-0.2, -0.15) is 0 Å². The van der Waals surface area contributed by atoms with Gasteiger partial charge >= 0.3 is 0 Å². The highest BCUT2D eigenvalue weighted by atomic mass is 16.5. The molecule has 0 spiro atoms. The highest BCUT2D eigenvalue weighted by Crippen LogP contribution is 2.25. The molecule has 0 unspecified atom stereocenters. The first kappa shape index (κ1) is 12.6. The van der Waals surface area contributed by atoms with Crippen molar-refractivity contribution in [3.8, 4) is 0 Å². The molecule has 1 heteroatoms. The molecule has 0 aromatic rings. The van der Waals surface area contributed by atoms with Crippen LogP contribution in [0.5, 0.6) is 0 Å². The first-order valence-corrected chi connectivity index (χ1v) is 6.70. The van der Waals surface area contributed by atoms with Crippen molar-refractivity contribution in [1.82, 2.24) is 0 Å². The van der Waals surface area contributed by atoms with Gasteiger partial charge in [-0.15, -0.1) is 0 Å². The van der Waals surface area contributed by atoms with E-state index >= 15 is 0 Å². The van der Waals surface area contributed by atoms with Gasteiger partial charge in [0.2, 0.25) is 0 Å². The van der Waals surface area contributed by atoms with E-state index in [2.05, 4.69) is 13.0 Å². The van der Waals surface area contributed by atoms with Crippen LogP contribution in [0.2, 0.25) is 0 Å². The Morgan fingerprint density at radius 1 is 1.20 bits per heavy atom. The van der Waals surface area contributed by atoms with Crippen molar-refractivity contribution >= 4 is 0 Å². The monoisotopic (exact) mass is 210 g/mol. The molecule has 0 N–H and O–H groups in total. The van der Waals surface area contributed by atoms with E-state index in [-0.39, 0.29) is 0 Å². The van der Waals surface area contributed by atoms with E-state index in [1.807, 2.05) is 6.26 Å². The van der Waals surface area contributed by atoms with Crippen LogP contribution in [-0.4, -0.2) is 6.61 Å². The second-order valence-corrected chi connectivity index (χ2v) is 4.68. The van der Waals surface area contributed by atoms with Gasteiger partial charge in [-0.05, 0) is 31.3 Å². The summed E-state index contributed by atoms with van der Waals surface area (Å²) in [7, 11) is 0. The first-order chi connectivity index (χ1) is 7.43. The third-order valence-electron chi connectivity index (χ3n) is 3.29. The summed E-state index contributed by atoms with van der Waals surface area (Å²) in [6, 6.07) is 0. The Morgan fingerprint density at radius 3 is 2.73 bits per heavy atom. The van der Waals surface area contributed by atoms with Gasteiger partial charge in [0.1, 0.15) is 0 Å². The molecule has 0 atom stereocenters. The van der Waals surface area contributed by atoms with E-state index in [0.717, 1.165) is 12.5 Å². The standard InChI is InChI=1S/C14H26O/c1-2-3-4-8-12-15-13-11-14-9-6-5-7-10-14/h8,12,14H,2-7,9-11,13H2,1H3. The minimum Gasteiger partial charge on any atom is -0.502 e. The van der Waals surface area contributed by atoms with Gasteiger partial charge in [-0.1, -0.05) is 45.4 Å². The lowest BCUT2D eigenvalue weighted by atomic mass is 9.87. The quantitative estimate of drug-likeness (QED) is 0.438. The fourth-order valence-corrected chi connectivity index (χ4v) is 2.24. The molecule has 0 bridgehead atoms. The van der Waals surface area contributed by atoms with Crippen molar-refractivity contribution < 1.29 is 4.74 Å². The van der Waals surface area contributed by atoms with Gasteiger partial charge in [0, 0.05) is 0 Å². The Bertz CT molecular complexity index is 157. The number of allylic oxidation sites excluding steroid dienone is 1. The van der Waals surface area contributed by atoms with Crippen LogP contribution in [0.3, 0.4) is 0 Å². The minimum atomic E-state index is 0.924. The van der Waals surface area contributed by atoms with Crippen LogP contribution in [0.4, 0.5) is 0 Å². The average Bonchev–Trinajstić information content (AvgIpc) is 2.29. The van der Waals surface area contributed by atoms with Gasteiger partial charge in [0.25, 0.3) is 0 Å². The molecule has 88 valence electrons. The van der Waals surface area contributed by atoms with Crippen molar-refractivity contribution in [2.75, 3.05) is 6.61 Å². The summed E-state index contributed by atoms with van der Waals surface area (Å²) in [6.45, 7) is 3.14. The van der Waals surface area contributed by atoms with Gasteiger partial charge in [0.15, 0.2) is 0 Å².